The lowest BCUT2D eigenvalue weighted by Gasteiger charge is -2.45. The molecule has 0 saturated carbocycles. The van der Waals surface area contributed by atoms with Gasteiger partial charge in [-0.15, -0.1) is 0 Å². The van der Waals surface area contributed by atoms with E-state index in [4.69, 9.17) is 104 Å². The van der Waals surface area contributed by atoms with E-state index in [-0.39, 0.29) is 193 Å². The van der Waals surface area contributed by atoms with Crippen molar-refractivity contribution in [3.05, 3.63) is 255 Å². The SMILES string of the molecule is C=CC(=O)N1[C@H](C)CN(c2c(C#N)c(=O)n(-c3c(C)ccnc3C(C)C)c3nc(-c4c(O)c(F)c(Cl)c(Cl)c4F)c(Cl)cc23)C[C@@H]1C.C=CC(=O)N1[C@H](C)CN(c2c(C#N)c(=O)n(-c3c(C)ccnc3C(C)C)c3nc(-c4c(O)c(F)c(Cl)c(Cl)c4F)c(Cl)cc23)C[C@@H]1C.C=CC(=O)N1[C@H](C)CN(c2c(C#N)c(=O)n(-c3c(C)ccnc3C(C)C)c3nc(-c4c(O)c(F)c(Cl)c(Cl)c4F)c(Cl)cc23)C[C@@H]1C. The molecule has 6 atom stereocenters. The molecule has 0 bridgehead atoms. The molecule has 15 rings (SSSR count). The molecule has 0 radical (unpaired) electrons. The molecule has 3 aliphatic rings. The number of fused-ring (bicyclic) bond motifs is 3. The summed E-state index contributed by atoms with van der Waals surface area (Å²) in [4.78, 5) is 119. The highest BCUT2D eigenvalue weighted by atomic mass is 35.5. The summed E-state index contributed by atoms with van der Waals surface area (Å²) in [6.07, 6.45) is 8.47. The summed E-state index contributed by atoms with van der Waals surface area (Å²) in [5, 5.41) is 58.7. The monoisotopic (exact) mass is 2100 g/mol. The lowest BCUT2D eigenvalue weighted by atomic mass is 10.0. The average molecular weight is 2110 g/mol. The van der Waals surface area contributed by atoms with Gasteiger partial charge in [0.25, 0.3) is 16.7 Å². The molecule has 42 heteroatoms. The van der Waals surface area contributed by atoms with E-state index in [1.54, 1.807) is 72.3 Å². The topological polar surface area (TPSA) is 346 Å². The number of benzene rings is 3. The fourth-order valence-corrected chi connectivity index (χ4v) is 20.5. The molecule has 3 fully saturated rings. The van der Waals surface area contributed by atoms with Crippen LogP contribution in [-0.4, -0.2) is 167 Å². The maximum absolute atomic E-state index is 15.6. The predicted molar refractivity (Wildman–Crippen MR) is 537 cm³/mol. The van der Waals surface area contributed by atoms with Gasteiger partial charge in [-0.2, -0.15) is 15.8 Å². The largest absolute Gasteiger partial charge is 0.504 e. The standard InChI is InChI=1S/3C33H29Cl3F2N6O3/c3*1-7-21(45)43-16(5)12-42(13-17(43)6)30-18-10-20(34)28(22-25(37)23(35)24(36)26(38)31(22)46)41-32(18)44(33(47)19(30)11-39)29-15(4)8-9-40-27(29)14(2)3/h3*7-10,14,16-17,46H,1,12-13H2,2-6H3/t3*16-,17+. The van der Waals surface area contributed by atoms with E-state index in [9.17, 15) is 73.0 Å². The first-order valence-corrected chi connectivity index (χ1v) is 47.1. The Balaban J connectivity index is 0.000000178. The van der Waals surface area contributed by atoms with Crippen LogP contribution in [0.5, 0.6) is 17.2 Å². The summed E-state index contributed by atoms with van der Waals surface area (Å²) in [5.41, 5.74) is -1.67. The second-order valence-corrected chi connectivity index (χ2v) is 38.6. The van der Waals surface area contributed by atoms with Crippen LogP contribution in [0.25, 0.3) is 83.9 Å². The second kappa shape index (κ2) is 41.5. The molecule has 3 aromatic carbocycles. The number of phenols is 3. The van der Waals surface area contributed by atoms with Crippen molar-refractivity contribution in [1.29, 1.82) is 15.8 Å². The molecular formula is C99H87Cl9F6N18O9. The second-order valence-electron chi connectivity index (χ2n) is 35.1. The number of rotatable bonds is 15. The van der Waals surface area contributed by atoms with Gasteiger partial charge in [0.1, 0.15) is 66.9 Å². The molecule has 27 nitrogen and oxygen atoms in total. The summed E-state index contributed by atoms with van der Waals surface area (Å²) in [6.45, 7) is 39.7. The van der Waals surface area contributed by atoms with Crippen LogP contribution >= 0.6 is 104 Å². The molecule has 732 valence electrons. The third-order valence-corrected chi connectivity index (χ3v) is 28.1. The van der Waals surface area contributed by atoms with Gasteiger partial charge in [-0.1, -0.05) is 166 Å². The molecule has 141 heavy (non-hydrogen) atoms. The Morgan fingerprint density at radius 1 is 0.383 bits per heavy atom. The van der Waals surface area contributed by atoms with Crippen LogP contribution in [0.3, 0.4) is 0 Å². The number of aromatic hydroxyl groups is 3. The predicted octanol–water partition coefficient (Wildman–Crippen LogP) is 21.9. The molecule has 0 spiro atoms. The Kier molecular flexibility index (Phi) is 31.0. The number of aromatic nitrogens is 9. The lowest BCUT2D eigenvalue weighted by Crippen LogP contribution is -2.58. The fraction of sp³-hybridized carbons (Fsp3) is 0.303. The zero-order valence-corrected chi connectivity index (χ0v) is 84.8. The van der Waals surface area contributed by atoms with Crippen molar-refractivity contribution >= 4 is 172 Å². The summed E-state index contributed by atoms with van der Waals surface area (Å²) < 4.78 is 95.2. The van der Waals surface area contributed by atoms with Gasteiger partial charge in [-0.05, 0) is 151 Å². The van der Waals surface area contributed by atoms with Gasteiger partial charge in [0.2, 0.25) is 17.7 Å². The van der Waals surface area contributed by atoms with E-state index in [1.165, 1.54) is 50.1 Å². The van der Waals surface area contributed by atoms with Crippen LogP contribution in [0, 0.1) is 89.7 Å². The van der Waals surface area contributed by atoms with Crippen LogP contribution in [0.1, 0.15) is 151 Å². The number of aryl methyl sites for hydroxylation is 3. The average Bonchev–Trinajstić information content (AvgIpc) is 0.725. The van der Waals surface area contributed by atoms with Crippen LogP contribution in [-0.2, 0) is 14.4 Å². The first-order chi connectivity index (χ1) is 66.5. The highest BCUT2D eigenvalue weighted by molar-refractivity contribution is 6.44. The zero-order chi connectivity index (χ0) is 104. The van der Waals surface area contributed by atoms with Gasteiger partial charge in [0.05, 0.1) is 115 Å². The van der Waals surface area contributed by atoms with Crippen molar-refractivity contribution in [2.45, 2.75) is 158 Å². The number of amides is 3. The molecule has 3 amide bonds. The maximum atomic E-state index is 15.6. The number of anilines is 3. The third kappa shape index (κ3) is 18.4. The first-order valence-electron chi connectivity index (χ1n) is 43.7. The van der Waals surface area contributed by atoms with Crippen molar-refractivity contribution in [1.82, 2.24) is 58.3 Å². The molecule has 3 saturated heterocycles. The number of halogens is 15. The molecule has 3 aliphatic heterocycles. The normalized spacial score (nSPS) is 16.6. The quantitative estimate of drug-likeness (QED) is 0.0371. The van der Waals surface area contributed by atoms with Crippen molar-refractivity contribution in [3.63, 3.8) is 0 Å². The van der Waals surface area contributed by atoms with Crippen LogP contribution in [0.15, 0.2) is 107 Å². The van der Waals surface area contributed by atoms with E-state index in [0.717, 1.165) is 0 Å². The Hall–Kier alpha value is -12.7. The number of carbonyl (C=O) groups excluding carboxylic acids is 3. The number of carbonyl (C=O) groups is 3. The van der Waals surface area contributed by atoms with Gasteiger partial charge in [0, 0.05) is 110 Å². The van der Waals surface area contributed by atoms with Crippen LogP contribution in [0.4, 0.5) is 43.4 Å². The number of phenolic OH excluding ortho intramolecular Hbond substituents is 3. The lowest BCUT2D eigenvalue weighted by molar-refractivity contribution is -0.131. The molecule has 3 N–H and O–H groups in total. The molecule has 9 aromatic heterocycles. The minimum Gasteiger partial charge on any atom is -0.504 e. The molecule has 0 unspecified atom stereocenters. The van der Waals surface area contributed by atoms with Crippen molar-refractivity contribution in [2.24, 2.45) is 0 Å². The maximum Gasteiger partial charge on any atom is 0.276 e. The van der Waals surface area contributed by atoms with Gasteiger partial charge in [0.15, 0.2) is 52.2 Å². The molecule has 12 aromatic rings. The van der Waals surface area contributed by atoms with Crippen LogP contribution in [0.2, 0.25) is 45.2 Å². The number of nitriles is 3. The van der Waals surface area contributed by atoms with E-state index >= 15 is 13.2 Å². The number of pyridine rings is 9. The summed E-state index contributed by atoms with van der Waals surface area (Å²) in [5.74, 6) is -12.9. The van der Waals surface area contributed by atoms with Gasteiger partial charge >= 0.3 is 0 Å². The van der Waals surface area contributed by atoms with E-state index in [1.807, 2.05) is 97.8 Å². The van der Waals surface area contributed by atoms with Crippen molar-refractivity contribution in [2.75, 3.05) is 54.0 Å². The molecular weight excluding hydrogens is 2020 g/mol. The Morgan fingerprint density at radius 2 is 0.589 bits per heavy atom. The van der Waals surface area contributed by atoms with Crippen LogP contribution < -0.4 is 31.4 Å². The van der Waals surface area contributed by atoms with Gasteiger partial charge in [-0.25, -0.2) is 41.3 Å². The Morgan fingerprint density at radius 3 is 0.780 bits per heavy atom. The van der Waals surface area contributed by atoms with Gasteiger partial charge < -0.3 is 44.7 Å². The molecule has 0 aliphatic carbocycles. The summed E-state index contributed by atoms with van der Waals surface area (Å²) in [7, 11) is 0. The fourth-order valence-electron chi connectivity index (χ4n) is 18.7. The van der Waals surface area contributed by atoms with E-state index in [0.29, 0.717) is 50.8 Å². The number of hydrogen-bond acceptors (Lipinski definition) is 21. The molecule has 12 heterocycles. The highest BCUT2D eigenvalue weighted by Gasteiger charge is 2.43. The van der Waals surface area contributed by atoms with Gasteiger partial charge in [-0.3, -0.25) is 57.4 Å². The minimum absolute atomic E-state index is 0.0726. The number of hydrogen-bond donors (Lipinski definition) is 3. The number of piperazine rings is 3. The van der Waals surface area contributed by atoms with E-state index in [2.05, 4.69) is 67.8 Å². The highest BCUT2D eigenvalue weighted by Crippen LogP contribution is 2.52. The Labute approximate surface area is 849 Å². The van der Waals surface area contributed by atoms with E-state index < -0.39 is 133 Å². The third-order valence-electron chi connectivity index (χ3n) is 24.8. The Bertz CT molecular complexity index is 6870. The smallest absolute Gasteiger partial charge is 0.276 e. The first kappa shape index (κ1) is 106. The minimum atomic E-state index is -1.39. The van der Waals surface area contributed by atoms with Crippen molar-refractivity contribution in [3.8, 4) is 86.3 Å². The number of nitrogens with zero attached hydrogens (tertiary/aromatic N) is 18. The van der Waals surface area contributed by atoms with Crippen molar-refractivity contribution < 1.29 is 56.0 Å². The summed E-state index contributed by atoms with van der Waals surface area (Å²) >= 11 is 55.5. The summed E-state index contributed by atoms with van der Waals surface area (Å²) in [6, 6.07) is 13.3. The zero-order valence-electron chi connectivity index (χ0n) is 78.0.